The normalized spacial score (nSPS) is 10.8. The molecule has 2 aromatic carbocycles. The van der Waals surface area contributed by atoms with Crippen LogP contribution >= 0.6 is 12.4 Å². The van der Waals surface area contributed by atoms with Gasteiger partial charge in [-0.15, -0.1) is 12.4 Å². The Hall–Kier alpha value is -1.72. The van der Waals surface area contributed by atoms with Crippen LogP contribution in [0.15, 0.2) is 54.6 Å². The van der Waals surface area contributed by atoms with Crippen LogP contribution in [0.5, 0.6) is 0 Å². The molecule has 2 aromatic rings. The van der Waals surface area contributed by atoms with Crippen molar-refractivity contribution >= 4 is 33.8 Å². The van der Waals surface area contributed by atoms with Gasteiger partial charge in [0.05, 0.1) is 6.26 Å². The fraction of sp³-hybridized carbons (Fsp3) is 0.368. The molecule has 0 heterocycles. The van der Waals surface area contributed by atoms with Gasteiger partial charge in [0, 0.05) is 24.5 Å². The van der Waals surface area contributed by atoms with E-state index in [-0.39, 0.29) is 12.4 Å². The maximum absolute atomic E-state index is 11.2. The molecule has 2 rings (SSSR count). The van der Waals surface area contributed by atoms with Crippen LogP contribution in [0.2, 0.25) is 0 Å². The molecule has 0 radical (unpaired) electrons. The number of anilines is 2. The average Bonchev–Trinajstić information content (AvgIpc) is 2.56. The third-order valence-corrected chi connectivity index (χ3v) is 4.51. The predicted octanol–water partition coefficient (Wildman–Crippen LogP) is 4.33. The highest BCUT2D eigenvalue weighted by molar-refractivity contribution is 7.92. The van der Waals surface area contributed by atoms with Gasteiger partial charge >= 0.3 is 0 Å². The minimum atomic E-state index is -3.21. The number of hydrogen-bond acceptors (Lipinski definition) is 3. The topological polar surface area (TPSA) is 49.4 Å². The number of aryl methyl sites for hydroxylation is 1. The number of sulfonamides is 1. The molecular weight excluding hydrogens is 356 g/mol. The number of nitrogens with one attached hydrogen (secondary N) is 1. The summed E-state index contributed by atoms with van der Waals surface area (Å²) >= 11 is 0. The monoisotopic (exact) mass is 382 g/mol. The first-order valence-electron chi connectivity index (χ1n) is 8.34. The minimum absolute atomic E-state index is 0. The molecule has 0 saturated heterocycles. The zero-order chi connectivity index (χ0) is 17.4. The Kier molecular flexibility index (Phi) is 8.79. The summed E-state index contributed by atoms with van der Waals surface area (Å²) in [4.78, 5) is 2.39. The highest BCUT2D eigenvalue weighted by Gasteiger charge is 2.04. The smallest absolute Gasteiger partial charge is 0.229 e. The molecule has 0 aromatic heterocycles. The number of para-hydroxylation sites is 1. The molecule has 1 N–H and O–H groups in total. The second kappa shape index (κ2) is 10.3. The maximum Gasteiger partial charge on any atom is 0.229 e. The summed E-state index contributed by atoms with van der Waals surface area (Å²) in [7, 11) is -3.21. The van der Waals surface area contributed by atoms with Crippen LogP contribution in [0.4, 0.5) is 11.4 Å². The van der Waals surface area contributed by atoms with Crippen LogP contribution in [0.1, 0.15) is 25.3 Å². The molecule has 0 unspecified atom stereocenters. The number of nitrogens with zero attached hydrogens (tertiary/aromatic N) is 1. The standard InChI is InChI=1S/C19H26N2O2S.ClH/c1-3-21(19-10-5-4-6-11-19)16-8-7-9-17-12-14-18(15-13-17)20-24(2,22)23;/h4-6,10-15,20H,3,7-9,16H2,1-2H3;1H. The predicted molar refractivity (Wildman–Crippen MR) is 109 cm³/mol. The van der Waals surface area contributed by atoms with Crippen molar-refractivity contribution in [2.24, 2.45) is 0 Å². The summed E-state index contributed by atoms with van der Waals surface area (Å²) in [6.45, 7) is 4.24. The molecule has 138 valence electrons. The number of unbranched alkanes of at least 4 members (excludes halogenated alkanes) is 1. The highest BCUT2D eigenvalue weighted by atomic mass is 35.5. The van der Waals surface area contributed by atoms with E-state index in [2.05, 4.69) is 40.8 Å². The molecule has 0 saturated carbocycles. The molecular formula is C19H27ClN2O2S. The molecule has 0 atom stereocenters. The Morgan fingerprint density at radius 2 is 1.60 bits per heavy atom. The van der Waals surface area contributed by atoms with Crippen molar-refractivity contribution in [3.63, 3.8) is 0 Å². The van der Waals surface area contributed by atoms with Gasteiger partial charge in [-0.2, -0.15) is 0 Å². The van der Waals surface area contributed by atoms with Gasteiger partial charge in [0.1, 0.15) is 0 Å². The van der Waals surface area contributed by atoms with E-state index < -0.39 is 10.0 Å². The van der Waals surface area contributed by atoms with Crippen LogP contribution in [0.25, 0.3) is 0 Å². The van der Waals surface area contributed by atoms with E-state index in [9.17, 15) is 8.42 Å². The van der Waals surface area contributed by atoms with Gasteiger partial charge in [0.2, 0.25) is 10.0 Å². The quantitative estimate of drug-likeness (QED) is 0.656. The summed E-state index contributed by atoms with van der Waals surface area (Å²) in [6, 6.07) is 18.1. The largest absolute Gasteiger partial charge is 0.372 e. The van der Waals surface area contributed by atoms with Crippen molar-refractivity contribution in [3.05, 3.63) is 60.2 Å². The van der Waals surface area contributed by atoms with Crippen molar-refractivity contribution in [2.75, 3.05) is 29.0 Å². The molecule has 0 amide bonds. The first-order chi connectivity index (χ1) is 11.5. The van der Waals surface area contributed by atoms with Gasteiger partial charge in [-0.05, 0) is 56.0 Å². The van der Waals surface area contributed by atoms with Crippen molar-refractivity contribution in [1.82, 2.24) is 0 Å². The van der Waals surface area contributed by atoms with E-state index >= 15 is 0 Å². The summed E-state index contributed by atoms with van der Waals surface area (Å²) in [5, 5.41) is 0. The van der Waals surface area contributed by atoms with Crippen LogP contribution in [0, 0.1) is 0 Å². The van der Waals surface area contributed by atoms with Crippen molar-refractivity contribution < 1.29 is 8.42 Å². The van der Waals surface area contributed by atoms with Gasteiger partial charge in [-0.25, -0.2) is 8.42 Å². The van der Waals surface area contributed by atoms with Gasteiger partial charge in [0.25, 0.3) is 0 Å². The lowest BCUT2D eigenvalue weighted by atomic mass is 10.1. The number of halogens is 1. The lowest BCUT2D eigenvalue weighted by Crippen LogP contribution is -2.23. The van der Waals surface area contributed by atoms with Crippen molar-refractivity contribution in [3.8, 4) is 0 Å². The highest BCUT2D eigenvalue weighted by Crippen LogP contribution is 2.15. The number of hydrogen-bond donors (Lipinski definition) is 1. The number of benzene rings is 2. The van der Waals surface area contributed by atoms with E-state index in [1.54, 1.807) is 0 Å². The van der Waals surface area contributed by atoms with Gasteiger partial charge in [0.15, 0.2) is 0 Å². The Morgan fingerprint density at radius 3 is 2.16 bits per heavy atom. The lowest BCUT2D eigenvalue weighted by Gasteiger charge is -2.23. The molecule has 0 spiro atoms. The van der Waals surface area contributed by atoms with Gasteiger partial charge in [-0.1, -0.05) is 30.3 Å². The molecule has 0 aliphatic carbocycles. The van der Waals surface area contributed by atoms with Gasteiger partial charge < -0.3 is 4.90 Å². The van der Waals surface area contributed by atoms with Gasteiger partial charge in [-0.3, -0.25) is 4.72 Å². The second-order valence-corrected chi connectivity index (χ2v) is 7.69. The van der Waals surface area contributed by atoms with E-state index in [1.165, 1.54) is 11.3 Å². The Morgan fingerprint density at radius 1 is 0.960 bits per heavy atom. The van der Waals surface area contributed by atoms with E-state index in [0.29, 0.717) is 5.69 Å². The molecule has 6 heteroatoms. The molecule has 25 heavy (non-hydrogen) atoms. The van der Waals surface area contributed by atoms with E-state index in [4.69, 9.17) is 0 Å². The van der Waals surface area contributed by atoms with Crippen LogP contribution < -0.4 is 9.62 Å². The Labute approximate surface area is 157 Å². The third-order valence-electron chi connectivity index (χ3n) is 3.90. The zero-order valence-corrected chi connectivity index (χ0v) is 16.4. The second-order valence-electron chi connectivity index (χ2n) is 5.94. The summed E-state index contributed by atoms with van der Waals surface area (Å²) in [5.41, 5.74) is 3.12. The third kappa shape index (κ3) is 7.80. The summed E-state index contributed by atoms with van der Waals surface area (Å²) in [5.74, 6) is 0. The molecule has 4 nitrogen and oxygen atoms in total. The maximum atomic E-state index is 11.2. The Bertz CT molecular complexity index is 719. The molecule has 0 aliphatic heterocycles. The van der Waals surface area contributed by atoms with Crippen LogP contribution in [-0.2, 0) is 16.4 Å². The van der Waals surface area contributed by atoms with Crippen LogP contribution in [-0.4, -0.2) is 27.8 Å². The summed E-state index contributed by atoms with van der Waals surface area (Å²) < 4.78 is 24.9. The molecule has 0 bridgehead atoms. The molecule has 0 fully saturated rings. The van der Waals surface area contributed by atoms with Crippen molar-refractivity contribution in [1.29, 1.82) is 0 Å². The number of rotatable bonds is 9. The van der Waals surface area contributed by atoms with Crippen LogP contribution in [0.3, 0.4) is 0 Å². The minimum Gasteiger partial charge on any atom is -0.372 e. The van der Waals surface area contributed by atoms with E-state index in [0.717, 1.165) is 38.6 Å². The SMILES string of the molecule is CCN(CCCCc1ccc(NS(C)(=O)=O)cc1)c1ccccc1.Cl. The summed E-state index contributed by atoms with van der Waals surface area (Å²) in [6.07, 6.45) is 4.41. The fourth-order valence-corrected chi connectivity index (χ4v) is 3.26. The average molecular weight is 383 g/mol. The first kappa shape index (κ1) is 21.3. The Balaban J connectivity index is 0.00000312. The van der Waals surface area contributed by atoms with Crippen molar-refractivity contribution in [2.45, 2.75) is 26.2 Å². The molecule has 0 aliphatic rings. The lowest BCUT2D eigenvalue weighted by molar-refractivity contribution is 0.607. The fourth-order valence-electron chi connectivity index (χ4n) is 2.69. The first-order valence-corrected chi connectivity index (χ1v) is 10.2. The zero-order valence-electron chi connectivity index (χ0n) is 14.8. The van der Waals surface area contributed by atoms with E-state index in [1.807, 2.05) is 30.3 Å².